The molecule has 44 heavy (non-hydrogen) atoms. The molecule has 2 aliphatic rings. The van der Waals surface area contributed by atoms with Crippen molar-refractivity contribution in [2.45, 2.75) is 77.1 Å². The molecule has 2 saturated heterocycles. The number of halogens is 2. The summed E-state index contributed by atoms with van der Waals surface area (Å²) in [6.07, 6.45) is 1.72. The summed E-state index contributed by atoms with van der Waals surface area (Å²) >= 11 is 0. The first-order valence-corrected chi connectivity index (χ1v) is 15.2. The molecule has 0 aliphatic carbocycles. The standard InChI is InChI=1S/C33H44F2N4O5/c1-21-11-23(16-24(12-21)31(41)38-9-6-7-28(38)20-43-5)30(40)37-27(15-22-13-25(34)17-26(35)14-22)18-29-19-36-8-10-39(29)32(42)44-33(2,3)4/h11-14,16-17,27-29,36H,6-10,15,18-20H2,1-5H3,(H,37,40)/t27-,28+,29-/m0/s1. The van der Waals surface area contributed by atoms with Crippen molar-refractivity contribution in [1.82, 2.24) is 20.4 Å². The molecule has 0 bridgehead atoms. The Bertz CT molecular complexity index is 1330. The highest BCUT2D eigenvalue weighted by Crippen LogP contribution is 2.23. The highest BCUT2D eigenvalue weighted by molar-refractivity contribution is 6.00. The molecule has 3 atom stereocenters. The van der Waals surface area contributed by atoms with Crippen molar-refractivity contribution in [2.24, 2.45) is 0 Å². The fourth-order valence-electron chi connectivity index (χ4n) is 6.01. The first-order chi connectivity index (χ1) is 20.8. The molecule has 0 aromatic heterocycles. The van der Waals surface area contributed by atoms with Gasteiger partial charge in [0.05, 0.1) is 12.6 Å². The molecule has 0 radical (unpaired) electrons. The van der Waals surface area contributed by atoms with Crippen LogP contribution in [-0.2, 0) is 15.9 Å². The molecular weight excluding hydrogens is 570 g/mol. The van der Waals surface area contributed by atoms with E-state index in [1.807, 2.05) is 6.92 Å². The van der Waals surface area contributed by atoms with Crippen molar-refractivity contribution >= 4 is 17.9 Å². The lowest BCUT2D eigenvalue weighted by Crippen LogP contribution is -2.56. The number of likely N-dealkylation sites (tertiary alicyclic amines) is 1. The number of carbonyl (C=O) groups is 3. The molecule has 0 unspecified atom stereocenters. The highest BCUT2D eigenvalue weighted by Gasteiger charge is 2.33. The Balaban J connectivity index is 1.58. The van der Waals surface area contributed by atoms with Gasteiger partial charge in [-0.2, -0.15) is 0 Å². The van der Waals surface area contributed by atoms with Gasteiger partial charge in [0, 0.05) is 62.6 Å². The van der Waals surface area contributed by atoms with Crippen molar-refractivity contribution in [2.75, 3.05) is 39.9 Å². The van der Waals surface area contributed by atoms with Gasteiger partial charge in [0.15, 0.2) is 0 Å². The Hall–Kier alpha value is -3.57. The molecule has 4 rings (SSSR count). The molecule has 240 valence electrons. The van der Waals surface area contributed by atoms with E-state index in [0.717, 1.165) is 24.5 Å². The number of hydrogen-bond donors (Lipinski definition) is 2. The van der Waals surface area contributed by atoms with Gasteiger partial charge >= 0.3 is 6.09 Å². The van der Waals surface area contributed by atoms with Gasteiger partial charge in [-0.15, -0.1) is 0 Å². The van der Waals surface area contributed by atoms with Crippen LogP contribution in [0.1, 0.15) is 71.9 Å². The van der Waals surface area contributed by atoms with Crippen LogP contribution in [0.15, 0.2) is 36.4 Å². The maximum atomic E-state index is 14.1. The maximum Gasteiger partial charge on any atom is 0.410 e. The number of carbonyl (C=O) groups excluding carboxylic acids is 3. The molecule has 9 nitrogen and oxygen atoms in total. The lowest BCUT2D eigenvalue weighted by atomic mass is 9.96. The Kier molecular flexibility index (Phi) is 11.0. The van der Waals surface area contributed by atoms with E-state index in [1.165, 1.54) is 12.1 Å². The lowest BCUT2D eigenvalue weighted by molar-refractivity contribution is 0.0102. The summed E-state index contributed by atoms with van der Waals surface area (Å²) in [5.74, 6) is -2.01. The predicted octanol–water partition coefficient (Wildman–Crippen LogP) is 4.46. The summed E-state index contributed by atoms with van der Waals surface area (Å²) in [4.78, 5) is 43.7. The average molecular weight is 615 g/mol. The quantitative estimate of drug-likeness (QED) is 0.433. The molecule has 0 spiro atoms. The molecule has 3 amide bonds. The number of benzene rings is 2. The number of aryl methyl sites for hydroxylation is 1. The van der Waals surface area contributed by atoms with Crippen LogP contribution in [0.5, 0.6) is 0 Å². The molecule has 2 heterocycles. The number of methoxy groups -OCH3 is 1. The van der Waals surface area contributed by atoms with Crippen molar-refractivity contribution < 1.29 is 32.6 Å². The van der Waals surface area contributed by atoms with E-state index in [2.05, 4.69) is 10.6 Å². The van der Waals surface area contributed by atoms with Crippen LogP contribution in [0.2, 0.25) is 0 Å². The zero-order chi connectivity index (χ0) is 32.0. The monoisotopic (exact) mass is 614 g/mol. The second-order valence-corrected chi connectivity index (χ2v) is 12.8. The number of nitrogens with zero attached hydrogens (tertiary/aromatic N) is 2. The molecule has 2 fully saturated rings. The van der Waals surface area contributed by atoms with Crippen molar-refractivity contribution in [1.29, 1.82) is 0 Å². The average Bonchev–Trinajstić information content (AvgIpc) is 3.39. The minimum absolute atomic E-state index is 0.0154. The van der Waals surface area contributed by atoms with Crippen molar-refractivity contribution in [3.63, 3.8) is 0 Å². The van der Waals surface area contributed by atoms with E-state index in [-0.39, 0.29) is 24.4 Å². The molecule has 2 aliphatic heterocycles. The van der Waals surface area contributed by atoms with Gasteiger partial charge in [0.1, 0.15) is 17.2 Å². The summed E-state index contributed by atoms with van der Waals surface area (Å²) in [5.41, 5.74) is 1.16. The van der Waals surface area contributed by atoms with Crippen LogP contribution in [0, 0.1) is 18.6 Å². The molecule has 0 saturated carbocycles. The van der Waals surface area contributed by atoms with Gasteiger partial charge in [-0.1, -0.05) is 0 Å². The van der Waals surface area contributed by atoms with E-state index in [9.17, 15) is 23.2 Å². The maximum absolute atomic E-state index is 14.1. The first-order valence-electron chi connectivity index (χ1n) is 15.2. The number of nitrogens with one attached hydrogen (secondary N) is 2. The number of ether oxygens (including phenoxy) is 2. The Morgan fingerprint density at radius 2 is 1.70 bits per heavy atom. The summed E-state index contributed by atoms with van der Waals surface area (Å²) < 4.78 is 39.1. The van der Waals surface area contributed by atoms with Gasteiger partial charge in [0.25, 0.3) is 11.8 Å². The largest absolute Gasteiger partial charge is 0.444 e. The van der Waals surface area contributed by atoms with Gasteiger partial charge in [0.2, 0.25) is 0 Å². The number of piperazine rings is 1. The van der Waals surface area contributed by atoms with Gasteiger partial charge < -0.3 is 29.9 Å². The second kappa shape index (κ2) is 14.5. The summed E-state index contributed by atoms with van der Waals surface area (Å²) in [7, 11) is 1.61. The topological polar surface area (TPSA) is 100 Å². The summed E-state index contributed by atoms with van der Waals surface area (Å²) in [5, 5.41) is 6.32. The molecule has 2 N–H and O–H groups in total. The Morgan fingerprint density at radius 1 is 1.00 bits per heavy atom. The van der Waals surface area contributed by atoms with Crippen LogP contribution in [0.4, 0.5) is 13.6 Å². The third-order valence-electron chi connectivity index (χ3n) is 7.86. The fraction of sp³-hybridized carbons (Fsp3) is 0.545. The summed E-state index contributed by atoms with van der Waals surface area (Å²) in [6, 6.07) is 7.38. The lowest BCUT2D eigenvalue weighted by Gasteiger charge is -2.38. The number of hydrogen-bond acceptors (Lipinski definition) is 6. The SMILES string of the molecule is COC[C@H]1CCCN1C(=O)c1cc(C)cc(C(=O)N[C@@H](Cc2cc(F)cc(F)c2)C[C@H]2CNCCN2C(=O)OC(C)(C)C)c1. The van der Waals surface area contributed by atoms with E-state index in [4.69, 9.17) is 9.47 Å². The normalized spacial score (nSPS) is 19.5. The molecular formula is C33H44F2N4O5. The van der Waals surface area contributed by atoms with Crippen LogP contribution >= 0.6 is 0 Å². The van der Waals surface area contributed by atoms with E-state index < -0.39 is 35.3 Å². The molecule has 2 aromatic carbocycles. The highest BCUT2D eigenvalue weighted by atomic mass is 19.1. The van der Waals surface area contributed by atoms with Crippen molar-refractivity contribution in [3.8, 4) is 0 Å². The van der Waals surface area contributed by atoms with Crippen LogP contribution < -0.4 is 10.6 Å². The van der Waals surface area contributed by atoms with Crippen LogP contribution in [0.25, 0.3) is 0 Å². The molecule has 11 heteroatoms. The second-order valence-electron chi connectivity index (χ2n) is 12.8. The van der Waals surface area contributed by atoms with E-state index in [1.54, 1.807) is 55.9 Å². The number of rotatable bonds is 9. The van der Waals surface area contributed by atoms with Gasteiger partial charge in [-0.3, -0.25) is 9.59 Å². The Labute approximate surface area is 258 Å². The zero-order valence-electron chi connectivity index (χ0n) is 26.3. The third-order valence-corrected chi connectivity index (χ3v) is 7.86. The van der Waals surface area contributed by atoms with E-state index >= 15 is 0 Å². The van der Waals surface area contributed by atoms with Crippen molar-refractivity contribution in [3.05, 3.63) is 70.3 Å². The molecule has 2 aromatic rings. The minimum atomic E-state index is -0.713. The smallest absolute Gasteiger partial charge is 0.410 e. The fourth-order valence-corrected chi connectivity index (χ4v) is 6.01. The zero-order valence-corrected chi connectivity index (χ0v) is 26.3. The minimum Gasteiger partial charge on any atom is -0.444 e. The van der Waals surface area contributed by atoms with Gasteiger partial charge in [-0.25, -0.2) is 13.6 Å². The summed E-state index contributed by atoms with van der Waals surface area (Å²) in [6.45, 7) is 9.75. The van der Waals surface area contributed by atoms with Crippen LogP contribution in [-0.4, -0.2) is 91.3 Å². The third kappa shape index (κ3) is 8.98. The first kappa shape index (κ1) is 33.3. The van der Waals surface area contributed by atoms with Crippen LogP contribution in [0.3, 0.4) is 0 Å². The Morgan fingerprint density at radius 3 is 2.39 bits per heavy atom. The van der Waals surface area contributed by atoms with Gasteiger partial charge in [-0.05, 0) is 94.8 Å². The predicted molar refractivity (Wildman–Crippen MR) is 163 cm³/mol. The number of amides is 3. The van der Waals surface area contributed by atoms with E-state index in [0.29, 0.717) is 55.9 Å².